The van der Waals surface area contributed by atoms with Gasteiger partial charge in [0, 0.05) is 18.9 Å². The largest absolute Gasteiger partial charge is 0.316 e. The van der Waals surface area contributed by atoms with E-state index in [1.54, 1.807) is 0 Å². The molecule has 0 unspecified atom stereocenters. The SMILES string of the molecule is FC1(F)C[C@H]2CNC[C@H]21. The number of halogens is 2. The maximum atomic E-state index is 12.5. The van der Waals surface area contributed by atoms with Crippen molar-refractivity contribution in [3.63, 3.8) is 0 Å². The molecule has 0 bridgehead atoms. The first-order valence-corrected chi connectivity index (χ1v) is 3.29. The lowest BCUT2D eigenvalue weighted by molar-refractivity contribution is -0.152. The molecule has 1 N–H and O–H groups in total. The third-order valence-corrected chi connectivity index (χ3v) is 2.42. The molecule has 0 aromatic carbocycles. The second kappa shape index (κ2) is 1.45. The van der Waals surface area contributed by atoms with Crippen LogP contribution in [0.25, 0.3) is 0 Å². The summed E-state index contributed by atoms with van der Waals surface area (Å²) in [5.41, 5.74) is 0. The van der Waals surface area contributed by atoms with Crippen molar-refractivity contribution >= 4 is 0 Å². The molecular formula is C6H9F2N. The van der Waals surface area contributed by atoms with Crippen LogP contribution in [0.1, 0.15) is 6.42 Å². The van der Waals surface area contributed by atoms with Crippen molar-refractivity contribution in [2.45, 2.75) is 12.3 Å². The molecule has 9 heavy (non-hydrogen) atoms. The normalized spacial score (nSPS) is 46.0. The van der Waals surface area contributed by atoms with Gasteiger partial charge in [0.1, 0.15) is 0 Å². The third kappa shape index (κ3) is 0.611. The maximum absolute atomic E-state index is 12.5. The van der Waals surface area contributed by atoms with Gasteiger partial charge in [0.25, 0.3) is 5.92 Å². The number of hydrogen-bond donors (Lipinski definition) is 1. The maximum Gasteiger partial charge on any atom is 0.252 e. The summed E-state index contributed by atoms with van der Waals surface area (Å²) in [5.74, 6) is -2.40. The Morgan fingerprint density at radius 3 is 2.56 bits per heavy atom. The van der Waals surface area contributed by atoms with Crippen LogP contribution in [0, 0.1) is 11.8 Å². The average Bonchev–Trinajstić information content (AvgIpc) is 2.10. The summed E-state index contributed by atoms with van der Waals surface area (Å²) in [6.45, 7) is 1.33. The molecule has 3 heteroatoms. The minimum Gasteiger partial charge on any atom is -0.316 e. The first-order chi connectivity index (χ1) is 4.20. The summed E-state index contributed by atoms with van der Waals surface area (Å²) >= 11 is 0. The van der Waals surface area contributed by atoms with Gasteiger partial charge in [0.2, 0.25) is 0 Å². The molecule has 1 aliphatic carbocycles. The standard InChI is InChI=1S/C6H9F2N/c7-6(8)1-4-2-9-3-5(4)6/h4-5,9H,1-3H2/t4-,5+/m0/s1. The van der Waals surface area contributed by atoms with Crippen molar-refractivity contribution in [1.29, 1.82) is 0 Å². The highest BCUT2D eigenvalue weighted by molar-refractivity contribution is 5.01. The first-order valence-electron chi connectivity index (χ1n) is 3.29. The summed E-state index contributed by atoms with van der Waals surface area (Å²) in [6, 6.07) is 0. The van der Waals surface area contributed by atoms with Gasteiger partial charge in [-0.2, -0.15) is 0 Å². The second-order valence-electron chi connectivity index (χ2n) is 2.99. The Balaban J connectivity index is 2.09. The van der Waals surface area contributed by atoms with E-state index in [4.69, 9.17) is 0 Å². The highest BCUT2D eigenvalue weighted by Crippen LogP contribution is 2.49. The van der Waals surface area contributed by atoms with Crippen LogP contribution < -0.4 is 5.32 Å². The van der Waals surface area contributed by atoms with Crippen molar-refractivity contribution in [2.75, 3.05) is 13.1 Å². The quantitative estimate of drug-likeness (QED) is 0.516. The molecule has 52 valence electrons. The lowest BCUT2D eigenvalue weighted by Gasteiger charge is -2.38. The Morgan fingerprint density at radius 2 is 2.11 bits per heavy atom. The topological polar surface area (TPSA) is 12.0 Å². The van der Waals surface area contributed by atoms with Crippen LogP contribution in [0.2, 0.25) is 0 Å². The van der Waals surface area contributed by atoms with Crippen LogP contribution >= 0.6 is 0 Å². The molecule has 1 saturated carbocycles. The van der Waals surface area contributed by atoms with E-state index in [0.29, 0.717) is 6.54 Å². The van der Waals surface area contributed by atoms with Crippen LogP contribution in [0.5, 0.6) is 0 Å². The molecule has 2 fully saturated rings. The van der Waals surface area contributed by atoms with Crippen LogP contribution in [0.3, 0.4) is 0 Å². The minimum atomic E-state index is -2.34. The fraction of sp³-hybridized carbons (Fsp3) is 1.00. The van der Waals surface area contributed by atoms with E-state index < -0.39 is 5.92 Å². The van der Waals surface area contributed by atoms with E-state index >= 15 is 0 Å². The van der Waals surface area contributed by atoms with Crippen molar-refractivity contribution in [3.05, 3.63) is 0 Å². The molecule has 0 aromatic rings. The van der Waals surface area contributed by atoms with Crippen LogP contribution in [0.15, 0.2) is 0 Å². The fourth-order valence-corrected chi connectivity index (χ4v) is 1.78. The van der Waals surface area contributed by atoms with E-state index in [-0.39, 0.29) is 18.3 Å². The zero-order valence-corrected chi connectivity index (χ0v) is 5.03. The van der Waals surface area contributed by atoms with Crippen molar-refractivity contribution in [2.24, 2.45) is 11.8 Å². The average molecular weight is 133 g/mol. The van der Waals surface area contributed by atoms with Gasteiger partial charge in [-0.25, -0.2) is 8.78 Å². The highest BCUT2D eigenvalue weighted by Gasteiger charge is 2.57. The predicted molar refractivity (Wildman–Crippen MR) is 29.4 cm³/mol. The summed E-state index contributed by atoms with van der Waals surface area (Å²) in [4.78, 5) is 0. The van der Waals surface area contributed by atoms with Gasteiger partial charge in [-0.15, -0.1) is 0 Å². The Bertz CT molecular complexity index is 135. The molecule has 2 rings (SSSR count). The first kappa shape index (κ1) is 5.59. The summed E-state index contributed by atoms with van der Waals surface area (Å²) < 4.78 is 24.9. The molecule has 2 aliphatic rings. The van der Waals surface area contributed by atoms with Crippen molar-refractivity contribution in [3.8, 4) is 0 Å². The molecule has 1 aliphatic heterocycles. The third-order valence-electron chi connectivity index (χ3n) is 2.42. The minimum absolute atomic E-state index is 0.116. The fourth-order valence-electron chi connectivity index (χ4n) is 1.78. The molecule has 0 aromatic heterocycles. The summed E-state index contributed by atoms with van der Waals surface area (Å²) in [6.07, 6.45) is 0.116. The van der Waals surface area contributed by atoms with Gasteiger partial charge in [-0.1, -0.05) is 0 Å². The van der Waals surface area contributed by atoms with Gasteiger partial charge in [0.15, 0.2) is 0 Å². The van der Waals surface area contributed by atoms with Gasteiger partial charge >= 0.3 is 0 Å². The number of rotatable bonds is 0. The molecule has 2 atom stereocenters. The highest BCUT2D eigenvalue weighted by atomic mass is 19.3. The summed E-state index contributed by atoms with van der Waals surface area (Å²) in [7, 11) is 0. The number of nitrogens with one attached hydrogen (secondary N) is 1. The summed E-state index contributed by atoms with van der Waals surface area (Å²) in [5, 5.41) is 2.96. The molecule has 1 heterocycles. The smallest absolute Gasteiger partial charge is 0.252 e. The van der Waals surface area contributed by atoms with E-state index in [0.717, 1.165) is 6.54 Å². The Hall–Kier alpha value is -0.180. The van der Waals surface area contributed by atoms with E-state index in [2.05, 4.69) is 5.32 Å². The van der Waals surface area contributed by atoms with Crippen molar-refractivity contribution in [1.82, 2.24) is 5.32 Å². The molecular weight excluding hydrogens is 124 g/mol. The van der Waals surface area contributed by atoms with E-state index in [1.165, 1.54) is 0 Å². The van der Waals surface area contributed by atoms with Crippen LogP contribution in [-0.4, -0.2) is 19.0 Å². The Labute approximate surface area is 52.4 Å². The second-order valence-corrected chi connectivity index (χ2v) is 2.99. The molecule has 0 radical (unpaired) electrons. The monoisotopic (exact) mass is 133 g/mol. The molecule has 0 amide bonds. The number of alkyl halides is 2. The molecule has 0 spiro atoms. The lowest BCUT2D eigenvalue weighted by atomic mass is 9.72. The lowest BCUT2D eigenvalue weighted by Crippen LogP contribution is -2.46. The van der Waals surface area contributed by atoms with Gasteiger partial charge in [-0.3, -0.25) is 0 Å². The molecule has 1 nitrogen and oxygen atoms in total. The Morgan fingerprint density at radius 1 is 1.33 bits per heavy atom. The van der Waals surface area contributed by atoms with Crippen LogP contribution in [-0.2, 0) is 0 Å². The molecule has 1 saturated heterocycles. The van der Waals surface area contributed by atoms with Crippen molar-refractivity contribution < 1.29 is 8.78 Å². The predicted octanol–water partition coefficient (Wildman–Crippen LogP) is 0.861. The van der Waals surface area contributed by atoms with E-state index in [1.807, 2.05) is 0 Å². The van der Waals surface area contributed by atoms with Crippen LogP contribution in [0.4, 0.5) is 8.78 Å². The number of hydrogen-bond acceptors (Lipinski definition) is 1. The van der Waals surface area contributed by atoms with Gasteiger partial charge in [-0.05, 0) is 12.5 Å². The zero-order valence-electron chi connectivity index (χ0n) is 5.03. The van der Waals surface area contributed by atoms with Gasteiger partial charge in [0.05, 0.1) is 0 Å². The van der Waals surface area contributed by atoms with Gasteiger partial charge < -0.3 is 5.32 Å². The zero-order chi connectivity index (χ0) is 6.48. The Kier molecular flexibility index (Phi) is 0.903. The van der Waals surface area contributed by atoms with E-state index in [9.17, 15) is 8.78 Å². The number of fused-ring (bicyclic) bond motifs is 1.